The average Bonchev–Trinajstić information content (AvgIpc) is 2.91. The van der Waals surface area contributed by atoms with Crippen molar-refractivity contribution in [1.82, 2.24) is 5.32 Å². The van der Waals surface area contributed by atoms with Gasteiger partial charge < -0.3 is 19.5 Å². The summed E-state index contributed by atoms with van der Waals surface area (Å²) in [6.45, 7) is 1.88. The second-order valence-electron chi connectivity index (χ2n) is 4.23. The standard InChI is InChI=1S/C13H18ClNO3/c1-16-9-6-10(17-2)13(18-3)11(12(9)14)8-4-5-15-7-8/h6,8,15H,4-5,7H2,1-3H3. The minimum absolute atomic E-state index is 0.330. The Kier molecular flexibility index (Phi) is 4.19. The quantitative estimate of drug-likeness (QED) is 0.913. The van der Waals surface area contributed by atoms with Gasteiger partial charge in [0.25, 0.3) is 0 Å². The van der Waals surface area contributed by atoms with Crippen LogP contribution in [0.2, 0.25) is 5.02 Å². The smallest absolute Gasteiger partial charge is 0.166 e. The highest BCUT2D eigenvalue weighted by Gasteiger charge is 2.27. The lowest BCUT2D eigenvalue weighted by molar-refractivity contribution is 0.343. The summed E-state index contributed by atoms with van der Waals surface area (Å²) in [5, 5.41) is 3.94. The predicted octanol–water partition coefficient (Wildman–Crippen LogP) is 2.44. The van der Waals surface area contributed by atoms with Gasteiger partial charge in [-0.2, -0.15) is 0 Å². The van der Waals surface area contributed by atoms with E-state index in [-0.39, 0.29) is 0 Å². The molecule has 100 valence electrons. The minimum Gasteiger partial charge on any atom is -0.495 e. The Balaban J connectivity index is 2.57. The van der Waals surface area contributed by atoms with E-state index in [2.05, 4.69) is 5.32 Å². The van der Waals surface area contributed by atoms with Gasteiger partial charge in [-0.15, -0.1) is 0 Å². The monoisotopic (exact) mass is 271 g/mol. The molecule has 1 N–H and O–H groups in total. The van der Waals surface area contributed by atoms with Gasteiger partial charge in [0.05, 0.1) is 26.4 Å². The first-order valence-corrected chi connectivity index (χ1v) is 6.29. The first kappa shape index (κ1) is 13.3. The molecule has 1 atom stereocenters. The van der Waals surface area contributed by atoms with E-state index in [1.807, 2.05) is 0 Å². The van der Waals surface area contributed by atoms with E-state index in [0.29, 0.717) is 28.2 Å². The second-order valence-corrected chi connectivity index (χ2v) is 4.61. The number of hydrogen-bond donors (Lipinski definition) is 1. The average molecular weight is 272 g/mol. The van der Waals surface area contributed by atoms with E-state index in [9.17, 15) is 0 Å². The lowest BCUT2D eigenvalue weighted by Gasteiger charge is -2.20. The summed E-state index contributed by atoms with van der Waals surface area (Å²) < 4.78 is 16.1. The van der Waals surface area contributed by atoms with Crippen molar-refractivity contribution in [1.29, 1.82) is 0 Å². The van der Waals surface area contributed by atoms with Gasteiger partial charge in [0.2, 0.25) is 0 Å². The molecule has 18 heavy (non-hydrogen) atoms. The van der Waals surface area contributed by atoms with E-state index >= 15 is 0 Å². The van der Waals surface area contributed by atoms with Crippen LogP contribution in [-0.2, 0) is 0 Å². The molecule has 1 saturated heterocycles. The van der Waals surface area contributed by atoms with Crippen molar-refractivity contribution in [3.8, 4) is 17.2 Å². The molecule has 1 aliphatic heterocycles. The van der Waals surface area contributed by atoms with Crippen molar-refractivity contribution in [2.45, 2.75) is 12.3 Å². The van der Waals surface area contributed by atoms with Gasteiger partial charge in [-0.05, 0) is 13.0 Å². The Morgan fingerprint density at radius 2 is 1.89 bits per heavy atom. The second kappa shape index (κ2) is 5.67. The van der Waals surface area contributed by atoms with Crippen LogP contribution < -0.4 is 19.5 Å². The van der Waals surface area contributed by atoms with Crippen LogP contribution in [0.25, 0.3) is 0 Å². The molecule has 0 spiro atoms. The molecular formula is C13H18ClNO3. The summed E-state index contributed by atoms with van der Waals surface area (Å²) in [7, 11) is 4.85. The highest BCUT2D eigenvalue weighted by atomic mass is 35.5. The summed E-state index contributed by atoms with van der Waals surface area (Å²) in [5.74, 6) is 2.31. The fourth-order valence-corrected chi connectivity index (χ4v) is 2.76. The van der Waals surface area contributed by atoms with Crippen molar-refractivity contribution in [3.05, 3.63) is 16.7 Å². The normalized spacial score (nSPS) is 18.8. The van der Waals surface area contributed by atoms with Crippen LogP contribution in [0.4, 0.5) is 0 Å². The van der Waals surface area contributed by atoms with Gasteiger partial charge in [-0.3, -0.25) is 0 Å². The number of halogens is 1. The molecule has 0 amide bonds. The third-order valence-corrected chi connectivity index (χ3v) is 3.69. The van der Waals surface area contributed by atoms with Crippen molar-refractivity contribution in [3.63, 3.8) is 0 Å². The van der Waals surface area contributed by atoms with Gasteiger partial charge in [0.15, 0.2) is 11.5 Å². The summed E-state index contributed by atoms with van der Waals surface area (Å²) in [5.41, 5.74) is 0.973. The fraction of sp³-hybridized carbons (Fsp3) is 0.538. The molecule has 1 heterocycles. The Morgan fingerprint density at radius 1 is 1.17 bits per heavy atom. The van der Waals surface area contributed by atoms with Crippen LogP contribution in [0.5, 0.6) is 17.2 Å². The zero-order valence-corrected chi connectivity index (χ0v) is 11.6. The highest BCUT2D eigenvalue weighted by Crippen LogP contribution is 2.47. The number of benzene rings is 1. The first-order chi connectivity index (χ1) is 8.72. The largest absolute Gasteiger partial charge is 0.495 e. The summed E-state index contributed by atoms with van der Waals surface area (Å²) in [6, 6.07) is 1.76. The summed E-state index contributed by atoms with van der Waals surface area (Å²) in [6.07, 6.45) is 1.03. The maximum Gasteiger partial charge on any atom is 0.166 e. The number of hydrogen-bond acceptors (Lipinski definition) is 4. The maximum atomic E-state index is 6.41. The predicted molar refractivity (Wildman–Crippen MR) is 71.3 cm³/mol. The molecule has 1 fully saturated rings. The van der Waals surface area contributed by atoms with E-state index < -0.39 is 0 Å². The van der Waals surface area contributed by atoms with Crippen LogP contribution in [0.1, 0.15) is 17.9 Å². The topological polar surface area (TPSA) is 39.7 Å². The summed E-state index contributed by atoms with van der Waals surface area (Å²) >= 11 is 6.41. The lowest BCUT2D eigenvalue weighted by atomic mass is 9.96. The molecule has 0 bridgehead atoms. The molecule has 4 nitrogen and oxygen atoms in total. The Labute approximate surface area is 112 Å². The van der Waals surface area contributed by atoms with E-state index in [0.717, 1.165) is 25.1 Å². The van der Waals surface area contributed by atoms with Gasteiger partial charge in [-0.1, -0.05) is 11.6 Å². The number of nitrogens with one attached hydrogen (secondary N) is 1. The zero-order chi connectivity index (χ0) is 13.1. The third kappa shape index (κ3) is 2.22. The van der Waals surface area contributed by atoms with Gasteiger partial charge in [0.1, 0.15) is 5.75 Å². The van der Waals surface area contributed by atoms with Crippen LogP contribution in [0.3, 0.4) is 0 Å². The number of ether oxygens (including phenoxy) is 3. The Morgan fingerprint density at radius 3 is 2.39 bits per heavy atom. The SMILES string of the molecule is COc1cc(OC)c(OC)c(C2CCNC2)c1Cl. The van der Waals surface area contributed by atoms with Crippen LogP contribution in [0.15, 0.2) is 6.07 Å². The van der Waals surface area contributed by atoms with E-state index in [1.54, 1.807) is 27.4 Å². The molecule has 0 aliphatic carbocycles. The Bertz CT molecular complexity index is 431. The van der Waals surface area contributed by atoms with Crippen molar-refractivity contribution < 1.29 is 14.2 Å². The highest BCUT2D eigenvalue weighted by molar-refractivity contribution is 6.33. The van der Waals surface area contributed by atoms with Crippen molar-refractivity contribution >= 4 is 11.6 Å². The maximum absolute atomic E-state index is 6.41. The van der Waals surface area contributed by atoms with Crippen LogP contribution in [-0.4, -0.2) is 34.4 Å². The molecule has 1 aromatic rings. The Hall–Kier alpha value is -1.13. The van der Waals surface area contributed by atoms with Crippen molar-refractivity contribution in [2.75, 3.05) is 34.4 Å². The zero-order valence-electron chi connectivity index (χ0n) is 10.9. The molecule has 0 aromatic heterocycles. The minimum atomic E-state index is 0.330. The number of methoxy groups -OCH3 is 3. The molecule has 1 aromatic carbocycles. The van der Waals surface area contributed by atoms with Gasteiger partial charge >= 0.3 is 0 Å². The molecule has 1 unspecified atom stereocenters. The van der Waals surface area contributed by atoms with Gasteiger partial charge in [-0.25, -0.2) is 0 Å². The molecule has 0 saturated carbocycles. The molecule has 1 aliphatic rings. The summed E-state index contributed by atoms with van der Waals surface area (Å²) in [4.78, 5) is 0. The van der Waals surface area contributed by atoms with Crippen LogP contribution in [0, 0.1) is 0 Å². The van der Waals surface area contributed by atoms with E-state index in [1.165, 1.54) is 0 Å². The molecule has 2 rings (SSSR count). The van der Waals surface area contributed by atoms with E-state index in [4.69, 9.17) is 25.8 Å². The molecule has 0 radical (unpaired) electrons. The lowest BCUT2D eigenvalue weighted by Crippen LogP contribution is -2.10. The molecular weight excluding hydrogens is 254 g/mol. The fourth-order valence-electron chi connectivity index (χ4n) is 2.39. The van der Waals surface area contributed by atoms with Crippen molar-refractivity contribution in [2.24, 2.45) is 0 Å². The van der Waals surface area contributed by atoms with Crippen LogP contribution >= 0.6 is 11.6 Å². The molecule has 5 heteroatoms. The third-order valence-electron chi connectivity index (χ3n) is 3.30. The first-order valence-electron chi connectivity index (χ1n) is 5.92. The van der Waals surface area contributed by atoms with Gasteiger partial charge in [0, 0.05) is 24.1 Å². The number of rotatable bonds is 4.